The molecule has 3 rings (SSSR count). The van der Waals surface area contributed by atoms with Gasteiger partial charge in [-0.3, -0.25) is 4.79 Å². The van der Waals surface area contributed by atoms with Gasteiger partial charge < -0.3 is 15.0 Å². The summed E-state index contributed by atoms with van der Waals surface area (Å²) in [5.74, 6) is 0.857. The van der Waals surface area contributed by atoms with Crippen LogP contribution in [0.15, 0.2) is 29.6 Å². The van der Waals surface area contributed by atoms with Gasteiger partial charge in [-0.25, -0.2) is 4.98 Å². The Morgan fingerprint density at radius 3 is 2.80 bits per heavy atom. The fourth-order valence-electron chi connectivity index (χ4n) is 2.73. The van der Waals surface area contributed by atoms with E-state index in [-0.39, 0.29) is 24.4 Å². The van der Waals surface area contributed by atoms with Gasteiger partial charge in [0.05, 0.1) is 6.61 Å². The number of amides is 1. The standard InChI is InChI=1S/C18H23N3O2S.ClH/c1-3-10-23-15-6-4-13(5-7-15)17-20-16(12-24-17)18(22)21(2)14-8-9-19-11-14;/h4-7,12,14,19H,3,8-11H2,1-2H3;1H. The molecular formula is C18H24ClN3O2S. The van der Waals surface area contributed by atoms with E-state index >= 15 is 0 Å². The number of ether oxygens (including phenoxy) is 1. The van der Waals surface area contributed by atoms with Crippen molar-refractivity contribution >= 4 is 29.7 Å². The number of benzene rings is 1. The van der Waals surface area contributed by atoms with Gasteiger partial charge in [0.1, 0.15) is 16.5 Å². The Morgan fingerprint density at radius 2 is 2.16 bits per heavy atom. The third kappa shape index (κ3) is 4.71. The molecule has 1 N–H and O–H groups in total. The zero-order chi connectivity index (χ0) is 16.9. The predicted octanol–water partition coefficient (Wildman–Crippen LogP) is 3.45. The first-order valence-corrected chi connectivity index (χ1v) is 9.23. The van der Waals surface area contributed by atoms with Gasteiger partial charge in [0.15, 0.2) is 0 Å². The van der Waals surface area contributed by atoms with Gasteiger partial charge in [0.2, 0.25) is 0 Å². The fraction of sp³-hybridized carbons (Fsp3) is 0.444. The van der Waals surface area contributed by atoms with Crippen LogP contribution in [-0.2, 0) is 0 Å². The van der Waals surface area contributed by atoms with E-state index in [9.17, 15) is 4.79 Å². The second kappa shape index (κ2) is 9.17. The minimum Gasteiger partial charge on any atom is -0.494 e. The van der Waals surface area contributed by atoms with E-state index in [0.717, 1.165) is 48.9 Å². The Bertz CT molecular complexity index is 684. The number of hydrogen-bond acceptors (Lipinski definition) is 5. The number of likely N-dealkylation sites (N-methyl/N-ethyl adjacent to an activating group) is 1. The zero-order valence-corrected chi connectivity index (χ0v) is 16.2. The van der Waals surface area contributed by atoms with Crippen molar-refractivity contribution in [2.75, 3.05) is 26.7 Å². The topological polar surface area (TPSA) is 54.5 Å². The lowest BCUT2D eigenvalue weighted by molar-refractivity contribution is 0.0739. The van der Waals surface area contributed by atoms with Crippen LogP contribution in [0.5, 0.6) is 5.75 Å². The van der Waals surface area contributed by atoms with Crippen LogP contribution in [0, 0.1) is 0 Å². The average molecular weight is 382 g/mol. The normalized spacial score (nSPS) is 16.3. The van der Waals surface area contributed by atoms with E-state index in [2.05, 4.69) is 17.2 Å². The van der Waals surface area contributed by atoms with E-state index in [1.165, 1.54) is 11.3 Å². The minimum absolute atomic E-state index is 0. The van der Waals surface area contributed by atoms with E-state index in [1.54, 1.807) is 4.90 Å². The third-order valence-corrected chi connectivity index (χ3v) is 5.09. The lowest BCUT2D eigenvalue weighted by atomic mass is 10.2. The molecule has 2 aromatic rings. The van der Waals surface area contributed by atoms with Crippen molar-refractivity contribution < 1.29 is 9.53 Å². The number of carbonyl (C=O) groups excluding carboxylic acids is 1. The molecule has 1 aromatic carbocycles. The highest BCUT2D eigenvalue weighted by Crippen LogP contribution is 2.26. The molecule has 136 valence electrons. The molecule has 0 bridgehead atoms. The smallest absolute Gasteiger partial charge is 0.273 e. The van der Waals surface area contributed by atoms with Crippen LogP contribution in [0.4, 0.5) is 0 Å². The molecule has 5 nitrogen and oxygen atoms in total. The summed E-state index contributed by atoms with van der Waals surface area (Å²) in [6, 6.07) is 8.14. The Labute approximate surface area is 158 Å². The Hall–Kier alpha value is -1.63. The summed E-state index contributed by atoms with van der Waals surface area (Å²) in [5.41, 5.74) is 1.53. The number of hydrogen-bond donors (Lipinski definition) is 1. The Morgan fingerprint density at radius 1 is 1.40 bits per heavy atom. The van der Waals surface area contributed by atoms with Gasteiger partial charge in [0, 0.05) is 30.6 Å². The number of aromatic nitrogens is 1. The summed E-state index contributed by atoms with van der Waals surface area (Å²) in [4.78, 5) is 18.9. The molecule has 1 aromatic heterocycles. The quantitative estimate of drug-likeness (QED) is 0.832. The van der Waals surface area contributed by atoms with Crippen LogP contribution in [0.2, 0.25) is 0 Å². The largest absolute Gasteiger partial charge is 0.494 e. The number of nitrogens with zero attached hydrogens (tertiary/aromatic N) is 2. The lowest BCUT2D eigenvalue weighted by Gasteiger charge is -2.22. The maximum atomic E-state index is 12.6. The third-order valence-electron chi connectivity index (χ3n) is 4.20. The monoisotopic (exact) mass is 381 g/mol. The first kappa shape index (κ1) is 19.7. The van der Waals surface area contributed by atoms with Gasteiger partial charge in [-0.2, -0.15) is 0 Å². The van der Waals surface area contributed by atoms with Crippen molar-refractivity contribution in [2.24, 2.45) is 0 Å². The number of rotatable bonds is 6. The maximum Gasteiger partial charge on any atom is 0.273 e. The molecule has 1 aliphatic heterocycles. The fourth-order valence-corrected chi connectivity index (χ4v) is 3.53. The molecule has 1 atom stereocenters. The van der Waals surface area contributed by atoms with Crippen molar-refractivity contribution in [3.8, 4) is 16.3 Å². The second-order valence-corrected chi connectivity index (χ2v) is 6.83. The van der Waals surface area contributed by atoms with Crippen molar-refractivity contribution in [2.45, 2.75) is 25.8 Å². The molecule has 1 saturated heterocycles. The number of halogens is 1. The minimum atomic E-state index is -0.00546. The molecule has 1 amide bonds. The summed E-state index contributed by atoms with van der Waals surface area (Å²) in [6.45, 7) is 4.63. The van der Waals surface area contributed by atoms with Crippen LogP contribution in [0.25, 0.3) is 10.6 Å². The van der Waals surface area contributed by atoms with Crippen molar-refractivity contribution in [1.29, 1.82) is 0 Å². The van der Waals surface area contributed by atoms with Crippen LogP contribution in [0.1, 0.15) is 30.3 Å². The highest BCUT2D eigenvalue weighted by Gasteiger charge is 2.25. The van der Waals surface area contributed by atoms with Crippen molar-refractivity contribution in [3.05, 3.63) is 35.3 Å². The van der Waals surface area contributed by atoms with Crippen LogP contribution >= 0.6 is 23.7 Å². The molecule has 0 saturated carbocycles. The van der Waals surface area contributed by atoms with Crippen molar-refractivity contribution in [1.82, 2.24) is 15.2 Å². The molecule has 7 heteroatoms. The Kier molecular flexibility index (Phi) is 7.23. The maximum absolute atomic E-state index is 12.6. The average Bonchev–Trinajstić information content (AvgIpc) is 3.30. The first-order chi connectivity index (χ1) is 11.7. The molecule has 1 unspecified atom stereocenters. The van der Waals surface area contributed by atoms with Gasteiger partial charge in [-0.1, -0.05) is 6.92 Å². The second-order valence-electron chi connectivity index (χ2n) is 5.97. The number of thiazole rings is 1. The van der Waals surface area contributed by atoms with E-state index < -0.39 is 0 Å². The number of carbonyl (C=O) groups is 1. The van der Waals surface area contributed by atoms with E-state index in [0.29, 0.717) is 5.69 Å². The molecule has 25 heavy (non-hydrogen) atoms. The lowest BCUT2D eigenvalue weighted by Crippen LogP contribution is -2.38. The summed E-state index contributed by atoms with van der Waals surface area (Å²) in [6.07, 6.45) is 1.99. The molecule has 1 aliphatic rings. The Balaban J connectivity index is 0.00000225. The van der Waals surface area contributed by atoms with Gasteiger partial charge in [0.25, 0.3) is 5.91 Å². The summed E-state index contributed by atoms with van der Waals surface area (Å²) in [7, 11) is 1.86. The molecule has 0 radical (unpaired) electrons. The highest BCUT2D eigenvalue weighted by atomic mass is 35.5. The SMILES string of the molecule is CCCOc1ccc(-c2nc(C(=O)N(C)C3CCNC3)cs2)cc1.Cl. The highest BCUT2D eigenvalue weighted by molar-refractivity contribution is 7.13. The van der Waals surface area contributed by atoms with Crippen LogP contribution in [-0.4, -0.2) is 48.6 Å². The predicted molar refractivity (Wildman–Crippen MR) is 104 cm³/mol. The summed E-state index contributed by atoms with van der Waals surface area (Å²) >= 11 is 1.50. The van der Waals surface area contributed by atoms with Crippen LogP contribution in [0.3, 0.4) is 0 Å². The number of nitrogens with one attached hydrogen (secondary N) is 1. The van der Waals surface area contributed by atoms with Gasteiger partial charge in [-0.15, -0.1) is 23.7 Å². The van der Waals surface area contributed by atoms with Gasteiger partial charge in [-0.05, 0) is 43.7 Å². The van der Waals surface area contributed by atoms with Crippen molar-refractivity contribution in [3.63, 3.8) is 0 Å². The molecule has 2 heterocycles. The zero-order valence-electron chi connectivity index (χ0n) is 14.5. The summed E-state index contributed by atoms with van der Waals surface area (Å²) in [5, 5.41) is 5.99. The van der Waals surface area contributed by atoms with Gasteiger partial charge >= 0.3 is 0 Å². The summed E-state index contributed by atoms with van der Waals surface area (Å²) < 4.78 is 5.59. The van der Waals surface area contributed by atoms with Crippen LogP contribution < -0.4 is 10.1 Å². The molecule has 0 aliphatic carbocycles. The molecule has 0 spiro atoms. The van der Waals surface area contributed by atoms with E-state index in [1.807, 2.05) is 36.7 Å². The molecular weight excluding hydrogens is 358 g/mol. The van der Waals surface area contributed by atoms with E-state index in [4.69, 9.17) is 4.74 Å². The first-order valence-electron chi connectivity index (χ1n) is 8.35. The molecule has 1 fully saturated rings.